The van der Waals surface area contributed by atoms with Gasteiger partial charge in [-0.2, -0.15) is 5.10 Å². The van der Waals surface area contributed by atoms with Crippen LogP contribution in [-0.2, 0) is 14.4 Å². The maximum atomic E-state index is 12.4. The molecule has 1 saturated heterocycles. The zero-order valence-corrected chi connectivity index (χ0v) is 16.0. The Hall–Kier alpha value is -2.70. The van der Waals surface area contributed by atoms with Gasteiger partial charge in [0, 0.05) is 38.9 Å². The van der Waals surface area contributed by atoms with Gasteiger partial charge in [-0.15, -0.1) is 0 Å². The maximum absolute atomic E-state index is 12.4. The summed E-state index contributed by atoms with van der Waals surface area (Å²) < 4.78 is 0. The van der Waals surface area contributed by atoms with E-state index in [2.05, 4.69) is 10.4 Å². The molecular formula is C20H26N4O3. The molecule has 0 aromatic heterocycles. The molecule has 0 radical (unpaired) electrons. The van der Waals surface area contributed by atoms with Crippen LogP contribution in [0, 0.1) is 13.8 Å². The number of rotatable bonds is 5. The van der Waals surface area contributed by atoms with Crippen LogP contribution in [0.1, 0.15) is 43.2 Å². The second-order valence-corrected chi connectivity index (χ2v) is 7.14. The van der Waals surface area contributed by atoms with Gasteiger partial charge >= 0.3 is 0 Å². The lowest BCUT2D eigenvalue weighted by atomic mass is 10.1. The van der Waals surface area contributed by atoms with Crippen molar-refractivity contribution >= 4 is 29.1 Å². The van der Waals surface area contributed by atoms with Crippen molar-refractivity contribution in [2.45, 2.75) is 46.0 Å². The quantitative estimate of drug-likeness (QED) is 0.860. The molecule has 3 rings (SSSR count). The normalized spacial score (nSPS) is 17.1. The van der Waals surface area contributed by atoms with Crippen molar-refractivity contribution < 1.29 is 14.4 Å². The summed E-state index contributed by atoms with van der Waals surface area (Å²) in [5.41, 5.74) is 2.98. The van der Waals surface area contributed by atoms with Gasteiger partial charge in [-0.25, -0.2) is 5.01 Å². The Labute approximate surface area is 159 Å². The number of carbonyl (C=O) groups excluding carboxylic acids is 3. The average Bonchev–Trinajstić information content (AvgIpc) is 3.19. The Bertz CT molecular complexity index is 781. The summed E-state index contributed by atoms with van der Waals surface area (Å²) in [5, 5.41) is 8.40. The number of nitrogens with zero attached hydrogens (tertiary/aromatic N) is 3. The summed E-state index contributed by atoms with van der Waals surface area (Å²) in [6.07, 6.45) is 2.95. The van der Waals surface area contributed by atoms with Gasteiger partial charge in [-0.3, -0.25) is 14.4 Å². The summed E-state index contributed by atoms with van der Waals surface area (Å²) in [6, 6.07) is 5.81. The fourth-order valence-corrected chi connectivity index (χ4v) is 3.36. The first-order valence-corrected chi connectivity index (χ1v) is 9.49. The van der Waals surface area contributed by atoms with Gasteiger partial charge in [0.15, 0.2) is 0 Å². The van der Waals surface area contributed by atoms with Crippen LogP contribution in [0.3, 0.4) is 0 Å². The van der Waals surface area contributed by atoms with Gasteiger partial charge in [0.25, 0.3) is 5.91 Å². The Morgan fingerprint density at radius 1 is 1.15 bits per heavy atom. The summed E-state index contributed by atoms with van der Waals surface area (Å²) in [4.78, 5) is 38.6. The van der Waals surface area contributed by atoms with Crippen molar-refractivity contribution in [1.82, 2.24) is 10.2 Å². The molecule has 0 spiro atoms. The first kappa shape index (κ1) is 19.1. The highest BCUT2D eigenvalue weighted by Crippen LogP contribution is 2.25. The van der Waals surface area contributed by atoms with Crippen LogP contribution >= 0.6 is 0 Å². The molecule has 7 nitrogen and oxygen atoms in total. The molecule has 0 bridgehead atoms. The SMILES string of the molecule is Cc1ccc(C)c(N2N=C(C(=O)NCCC(=O)N3CCCC3)CCC2=O)c1. The topological polar surface area (TPSA) is 82.1 Å². The zero-order chi connectivity index (χ0) is 19.4. The Morgan fingerprint density at radius 3 is 2.63 bits per heavy atom. The molecule has 0 unspecified atom stereocenters. The van der Waals surface area contributed by atoms with E-state index in [-0.39, 0.29) is 30.7 Å². The van der Waals surface area contributed by atoms with E-state index in [1.165, 1.54) is 5.01 Å². The number of amides is 3. The van der Waals surface area contributed by atoms with Gasteiger partial charge < -0.3 is 10.2 Å². The molecule has 0 atom stereocenters. The molecule has 2 aliphatic rings. The largest absolute Gasteiger partial charge is 0.350 e. The maximum Gasteiger partial charge on any atom is 0.267 e. The highest BCUT2D eigenvalue weighted by molar-refractivity contribution is 6.40. The minimum absolute atomic E-state index is 0.0746. The molecule has 2 heterocycles. The van der Waals surface area contributed by atoms with Crippen molar-refractivity contribution in [3.8, 4) is 0 Å². The van der Waals surface area contributed by atoms with Crippen LogP contribution in [0.2, 0.25) is 0 Å². The molecule has 1 aromatic carbocycles. The van der Waals surface area contributed by atoms with Crippen molar-refractivity contribution in [3.63, 3.8) is 0 Å². The first-order chi connectivity index (χ1) is 13.0. The highest BCUT2D eigenvalue weighted by atomic mass is 16.2. The summed E-state index contributed by atoms with van der Waals surface area (Å²) in [5.74, 6) is -0.359. The van der Waals surface area contributed by atoms with Crippen molar-refractivity contribution in [3.05, 3.63) is 29.3 Å². The Morgan fingerprint density at radius 2 is 1.89 bits per heavy atom. The number of hydrogen-bond acceptors (Lipinski definition) is 4. The van der Waals surface area contributed by atoms with Crippen LogP contribution in [-0.4, -0.2) is 48.0 Å². The third kappa shape index (κ3) is 4.53. The lowest BCUT2D eigenvalue weighted by Crippen LogP contribution is -2.40. The molecule has 144 valence electrons. The van der Waals surface area contributed by atoms with Crippen LogP contribution in [0.15, 0.2) is 23.3 Å². The number of likely N-dealkylation sites (tertiary alicyclic amines) is 1. The number of hydrogen-bond donors (Lipinski definition) is 1. The predicted octanol–water partition coefficient (Wildman–Crippen LogP) is 1.91. The molecule has 1 aromatic rings. The van der Waals surface area contributed by atoms with E-state index in [0.29, 0.717) is 24.2 Å². The Balaban J connectivity index is 1.62. The standard InChI is InChI=1S/C20H26N4O3/c1-14-5-6-15(2)17(13-14)24-19(26)8-7-16(22-24)20(27)21-10-9-18(25)23-11-3-4-12-23/h5-6,13H,3-4,7-12H2,1-2H3,(H,21,27). The number of carbonyl (C=O) groups is 3. The van der Waals surface area contributed by atoms with E-state index in [4.69, 9.17) is 0 Å². The smallest absolute Gasteiger partial charge is 0.267 e. The second kappa shape index (κ2) is 8.33. The molecule has 7 heteroatoms. The van der Waals surface area contributed by atoms with Crippen molar-refractivity contribution in [1.29, 1.82) is 0 Å². The molecule has 0 saturated carbocycles. The van der Waals surface area contributed by atoms with Crippen LogP contribution in [0.4, 0.5) is 5.69 Å². The highest BCUT2D eigenvalue weighted by Gasteiger charge is 2.26. The predicted molar refractivity (Wildman–Crippen MR) is 104 cm³/mol. The number of benzene rings is 1. The number of hydrazone groups is 1. The molecule has 1 fully saturated rings. The molecule has 0 aliphatic carbocycles. The van der Waals surface area contributed by atoms with Crippen molar-refractivity contribution in [2.24, 2.45) is 5.10 Å². The van der Waals surface area contributed by atoms with E-state index >= 15 is 0 Å². The lowest BCUT2D eigenvalue weighted by molar-refractivity contribution is -0.130. The number of anilines is 1. The fourth-order valence-electron chi connectivity index (χ4n) is 3.36. The summed E-state index contributed by atoms with van der Waals surface area (Å²) >= 11 is 0. The van der Waals surface area contributed by atoms with E-state index in [0.717, 1.165) is 37.1 Å². The van der Waals surface area contributed by atoms with E-state index in [1.807, 2.05) is 36.9 Å². The minimum Gasteiger partial charge on any atom is -0.350 e. The van der Waals surface area contributed by atoms with Gasteiger partial charge in [-0.05, 0) is 43.9 Å². The second-order valence-electron chi connectivity index (χ2n) is 7.14. The number of aryl methyl sites for hydroxylation is 2. The lowest BCUT2D eigenvalue weighted by Gasteiger charge is -2.25. The molecule has 2 aliphatic heterocycles. The molecule has 27 heavy (non-hydrogen) atoms. The van der Waals surface area contributed by atoms with E-state index in [9.17, 15) is 14.4 Å². The van der Waals surface area contributed by atoms with E-state index in [1.54, 1.807) is 0 Å². The van der Waals surface area contributed by atoms with Gasteiger partial charge in [0.2, 0.25) is 11.8 Å². The van der Waals surface area contributed by atoms with Gasteiger partial charge in [-0.1, -0.05) is 12.1 Å². The first-order valence-electron chi connectivity index (χ1n) is 9.49. The molecule has 1 N–H and O–H groups in total. The van der Waals surface area contributed by atoms with Gasteiger partial charge in [0.05, 0.1) is 5.69 Å². The van der Waals surface area contributed by atoms with Crippen LogP contribution < -0.4 is 10.3 Å². The molecule has 3 amide bonds. The average molecular weight is 370 g/mol. The summed E-state index contributed by atoms with van der Waals surface area (Å²) in [7, 11) is 0. The van der Waals surface area contributed by atoms with Crippen molar-refractivity contribution in [2.75, 3.05) is 24.6 Å². The summed E-state index contributed by atoms with van der Waals surface area (Å²) in [6.45, 7) is 5.77. The van der Waals surface area contributed by atoms with Crippen LogP contribution in [0.25, 0.3) is 0 Å². The minimum atomic E-state index is -0.313. The zero-order valence-electron chi connectivity index (χ0n) is 16.0. The fraction of sp³-hybridized carbons (Fsp3) is 0.500. The molecular weight excluding hydrogens is 344 g/mol. The van der Waals surface area contributed by atoms with Gasteiger partial charge in [0.1, 0.15) is 5.71 Å². The monoisotopic (exact) mass is 370 g/mol. The van der Waals surface area contributed by atoms with Crippen LogP contribution in [0.5, 0.6) is 0 Å². The third-order valence-corrected chi connectivity index (χ3v) is 4.97. The third-order valence-electron chi connectivity index (χ3n) is 4.97. The van der Waals surface area contributed by atoms with E-state index < -0.39 is 0 Å². The Kier molecular flexibility index (Phi) is 5.88. The number of nitrogens with one attached hydrogen (secondary N) is 1.